The molecule has 0 bridgehead atoms. The Labute approximate surface area is 116 Å². The van der Waals surface area contributed by atoms with Crippen LogP contribution in [0.25, 0.3) is 0 Å². The Bertz CT molecular complexity index is 602. The van der Waals surface area contributed by atoms with Crippen molar-refractivity contribution in [3.63, 3.8) is 0 Å². The van der Waals surface area contributed by atoms with Crippen LogP contribution in [0.15, 0.2) is 53.6 Å². The molecule has 0 N–H and O–H groups in total. The molecule has 2 rings (SSSR count). The first-order valence-electron chi connectivity index (χ1n) is 5.75. The molecule has 94 valence electrons. The number of nitrogens with zero attached hydrogens (tertiary/aromatic N) is 2. The zero-order valence-corrected chi connectivity index (χ0v) is 11.2. The number of rotatable bonds is 4. The molecule has 0 aliphatic heterocycles. The molecule has 1 atom stereocenters. The van der Waals surface area contributed by atoms with Gasteiger partial charge in [0.2, 0.25) is 0 Å². The molecule has 19 heavy (non-hydrogen) atoms. The maximum Gasteiger partial charge on any atom is 0.186 e. The Morgan fingerprint density at radius 3 is 2.53 bits per heavy atom. The maximum atomic E-state index is 12.3. The van der Waals surface area contributed by atoms with Crippen LogP contribution in [0.5, 0.6) is 0 Å². The van der Waals surface area contributed by atoms with E-state index >= 15 is 0 Å². The fourth-order valence-corrected chi connectivity index (χ4v) is 2.14. The molecule has 0 spiro atoms. The minimum atomic E-state index is -0.846. The Kier molecular flexibility index (Phi) is 4.32. The first kappa shape index (κ1) is 13.3. The van der Waals surface area contributed by atoms with Gasteiger partial charge in [-0.2, -0.15) is 5.26 Å². The fraction of sp³-hybridized carbons (Fsp3) is 0.133. The minimum absolute atomic E-state index is 0.214. The largest absolute Gasteiger partial charge is 0.292 e. The average Bonchev–Trinajstić information content (AvgIpc) is 2.49. The third-order valence-corrected chi connectivity index (χ3v) is 3.49. The van der Waals surface area contributed by atoms with Crippen LogP contribution >= 0.6 is 11.8 Å². The van der Waals surface area contributed by atoms with Crippen LogP contribution in [-0.4, -0.2) is 17.0 Å². The molecule has 0 aliphatic rings. The van der Waals surface area contributed by atoms with Crippen molar-refractivity contribution in [1.29, 1.82) is 5.26 Å². The standard InChI is InChI=1S/C15H12N2OS/c1-19-12-7-5-11(6-8-12)15(18)13(10-16)14-4-2-3-9-17-14/h2-9,13H,1H3. The van der Waals surface area contributed by atoms with Gasteiger partial charge < -0.3 is 0 Å². The van der Waals surface area contributed by atoms with Crippen LogP contribution in [0.1, 0.15) is 22.0 Å². The van der Waals surface area contributed by atoms with Crippen molar-refractivity contribution in [3.8, 4) is 6.07 Å². The van der Waals surface area contributed by atoms with Crippen LogP contribution in [0, 0.1) is 11.3 Å². The summed E-state index contributed by atoms with van der Waals surface area (Å²) in [4.78, 5) is 17.5. The highest BCUT2D eigenvalue weighted by Crippen LogP contribution is 2.21. The second-order valence-corrected chi connectivity index (χ2v) is 4.79. The van der Waals surface area contributed by atoms with Crippen LogP contribution < -0.4 is 0 Å². The van der Waals surface area contributed by atoms with Crippen molar-refractivity contribution in [2.24, 2.45) is 0 Å². The van der Waals surface area contributed by atoms with Gasteiger partial charge in [0.1, 0.15) is 0 Å². The normalized spacial score (nSPS) is 11.6. The zero-order chi connectivity index (χ0) is 13.7. The Morgan fingerprint density at radius 1 is 1.26 bits per heavy atom. The van der Waals surface area contributed by atoms with Crippen LogP contribution in [-0.2, 0) is 0 Å². The van der Waals surface area contributed by atoms with Gasteiger partial charge in [-0.15, -0.1) is 11.8 Å². The molecule has 0 fully saturated rings. The summed E-state index contributed by atoms with van der Waals surface area (Å²) < 4.78 is 0. The molecule has 1 unspecified atom stereocenters. The molecule has 0 saturated carbocycles. The number of nitriles is 1. The van der Waals surface area contributed by atoms with Crippen molar-refractivity contribution in [1.82, 2.24) is 4.98 Å². The van der Waals surface area contributed by atoms with E-state index in [0.29, 0.717) is 11.3 Å². The number of carbonyl (C=O) groups excluding carboxylic acids is 1. The molecular formula is C15H12N2OS. The van der Waals surface area contributed by atoms with E-state index in [0.717, 1.165) is 4.90 Å². The summed E-state index contributed by atoms with van der Waals surface area (Å²) in [7, 11) is 0. The number of carbonyl (C=O) groups is 1. The topological polar surface area (TPSA) is 53.8 Å². The summed E-state index contributed by atoms with van der Waals surface area (Å²) in [5.41, 5.74) is 1.03. The van der Waals surface area contributed by atoms with Gasteiger partial charge in [0.15, 0.2) is 11.7 Å². The quantitative estimate of drug-likeness (QED) is 0.630. The average molecular weight is 268 g/mol. The summed E-state index contributed by atoms with van der Waals surface area (Å²) >= 11 is 1.61. The lowest BCUT2D eigenvalue weighted by molar-refractivity contribution is 0.0977. The predicted octanol–water partition coefficient (Wildman–Crippen LogP) is 3.29. The van der Waals surface area contributed by atoms with Gasteiger partial charge in [-0.05, 0) is 30.5 Å². The van der Waals surface area contributed by atoms with E-state index in [1.54, 1.807) is 48.3 Å². The summed E-state index contributed by atoms with van der Waals surface area (Å²) in [6, 6.07) is 14.5. The molecule has 3 nitrogen and oxygen atoms in total. The summed E-state index contributed by atoms with van der Waals surface area (Å²) in [6.07, 6.45) is 3.56. The first-order valence-corrected chi connectivity index (χ1v) is 6.97. The first-order chi connectivity index (χ1) is 9.26. The smallest absolute Gasteiger partial charge is 0.186 e. The Hall–Kier alpha value is -2.12. The Morgan fingerprint density at radius 2 is 2.00 bits per heavy atom. The number of hydrogen-bond donors (Lipinski definition) is 0. The third-order valence-electron chi connectivity index (χ3n) is 2.75. The van der Waals surface area contributed by atoms with Gasteiger partial charge in [0.05, 0.1) is 11.8 Å². The highest BCUT2D eigenvalue weighted by molar-refractivity contribution is 7.98. The van der Waals surface area contributed by atoms with Crippen LogP contribution in [0.3, 0.4) is 0 Å². The number of thioether (sulfide) groups is 1. The van der Waals surface area contributed by atoms with Gasteiger partial charge in [0, 0.05) is 16.7 Å². The lowest BCUT2D eigenvalue weighted by Crippen LogP contribution is -2.12. The van der Waals surface area contributed by atoms with Gasteiger partial charge in [-0.1, -0.05) is 18.2 Å². The van der Waals surface area contributed by atoms with Crippen LogP contribution in [0.2, 0.25) is 0 Å². The predicted molar refractivity (Wildman–Crippen MR) is 75.1 cm³/mol. The minimum Gasteiger partial charge on any atom is -0.292 e. The number of ketones is 1. The van der Waals surface area contributed by atoms with E-state index in [-0.39, 0.29) is 5.78 Å². The van der Waals surface area contributed by atoms with Crippen molar-refractivity contribution >= 4 is 17.5 Å². The highest BCUT2D eigenvalue weighted by atomic mass is 32.2. The molecule has 0 amide bonds. The van der Waals surface area contributed by atoms with Gasteiger partial charge in [0.25, 0.3) is 0 Å². The van der Waals surface area contributed by atoms with Crippen molar-refractivity contribution in [2.75, 3.05) is 6.26 Å². The molecule has 0 aliphatic carbocycles. The van der Waals surface area contributed by atoms with E-state index in [1.807, 2.05) is 24.5 Å². The molecule has 0 saturated heterocycles. The second-order valence-electron chi connectivity index (χ2n) is 3.91. The van der Waals surface area contributed by atoms with Crippen LogP contribution in [0.4, 0.5) is 0 Å². The van der Waals surface area contributed by atoms with Crippen molar-refractivity contribution in [3.05, 3.63) is 59.9 Å². The van der Waals surface area contributed by atoms with Crippen molar-refractivity contribution < 1.29 is 4.79 Å². The lowest BCUT2D eigenvalue weighted by Gasteiger charge is -2.07. The van der Waals surface area contributed by atoms with E-state index in [9.17, 15) is 10.1 Å². The highest BCUT2D eigenvalue weighted by Gasteiger charge is 2.22. The van der Waals surface area contributed by atoms with E-state index in [1.165, 1.54) is 0 Å². The van der Waals surface area contributed by atoms with Crippen molar-refractivity contribution in [2.45, 2.75) is 10.8 Å². The van der Waals surface area contributed by atoms with Gasteiger partial charge >= 0.3 is 0 Å². The van der Waals surface area contributed by atoms with E-state index < -0.39 is 5.92 Å². The van der Waals surface area contributed by atoms with Gasteiger partial charge in [-0.25, -0.2) is 0 Å². The third kappa shape index (κ3) is 3.01. The van der Waals surface area contributed by atoms with E-state index in [4.69, 9.17) is 0 Å². The molecule has 1 aromatic carbocycles. The number of hydrogen-bond acceptors (Lipinski definition) is 4. The number of pyridine rings is 1. The monoisotopic (exact) mass is 268 g/mol. The summed E-state index contributed by atoms with van der Waals surface area (Å²) in [5.74, 6) is -1.06. The zero-order valence-electron chi connectivity index (χ0n) is 10.4. The fourth-order valence-electron chi connectivity index (χ4n) is 1.73. The maximum absolute atomic E-state index is 12.3. The number of benzene rings is 1. The SMILES string of the molecule is CSc1ccc(C(=O)C(C#N)c2ccccn2)cc1. The second kappa shape index (κ2) is 6.17. The molecule has 0 radical (unpaired) electrons. The molecular weight excluding hydrogens is 256 g/mol. The summed E-state index contributed by atoms with van der Waals surface area (Å²) in [6.45, 7) is 0. The number of aromatic nitrogens is 1. The molecule has 2 aromatic rings. The van der Waals surface area contributed by atoms with E-state index in [2.05, 4.69) is 4.98 Å². The molecule has 1 heterocycles. The lowest BCUT2D eigenvalue weighted by atomic mass is 9.95. The summed E-state index contributed by atoms with van der Waals surface area (Å²) in [5, 5.41) is 9.20. The Balaban J connectivity index is 2.29. The van der Waals surface area contributed by atoms with Gasteiger partial charge in [-0.3, -0.25) is 9.78 Å². The number of Topliss-reactive ketones (excluding diaryl/α,β-unsaturated/α-hetero) is 1. The molecule has 1 aromatic heterocycles. The molecule has 4 heteroatoms.